The molecule has 3 rings (SSSR count). The molecule has 5 nitrogen and oxygen atoms in total. The molecule has 1 aliphatic heterocycles. The summed E-state index contributed by atoms with van der Waals surface area (Å²) in [6.07, 6.45) is 3.20. The molecule has 0 spiro atoms. The van der Waals surface area contributed by atoms with Crippen molar-refractivity contribution in [1.29, 1.82) is 0 Å². The van der Waals surface area contributed by atoms with E-state index >= 15 is 0 Å². The summed E-state index contributed by atoms with van der Waals surface area (Å²) in [5.41, 5.74) is 0.751. The second-order valence-electron chi connectivity index (χ2n) is 5.40. The largest absolute Gasteiger partial charge is 0.396 e. The molecule has 1 fully saturated rings. The predicted octanol–water partition coefficient (Wildman–Crippen LogP) is 1.58. The Bertz CT molecular complexity index is 635. The van der Waals surface area contributed by atoms with Crippen LogP contribution in [0.15, 0.2) is 16.2 Å². The number of rotatable bonds is 4. The number of H-pyrrole nitrogens is 1. The van der Waals surface area contributed by atoms with Crippen LogP contribution in [-0.4, -0.2) is 39.7 Å². The van der Waals surface area contributed by atoms with Gasteiger partial charge in [-0.25, -0.2) is 4.98 Å². The van der Waals surface area contributed by atoms with Crippen molar-refractivity contribution < 1.29 is 5.11 Å². The van der Waals surface area contributed by atoms with Crippen molar-refractivity contribution in [3.05, 3.63) is 27.6 Å². The lowest BCUT2D eigenvalue weighted by Crippen LogP contribution is -2.36. The first-order chi connectivity index (χ1) is 9.76. The number of thiophene rings is 1. The maximum absolute atomic E-state index is 11.9. The minimum atomic E-state index is -0.0380. The van der Waals surface area contributed by atoms with Gasteiger partial charge in [-0.05, 0) is 43.2 Å². The summed E-state index contributed by atoms with van der Waals surface area (Å²) < 4.78 is 0.700. The standard InChI is InChI=1S/C14H19N3O2S/c18-6-3-10-2-1-5-17(8-10)9-12-15-11-4-7-20-13(11)14(19)16-12/h4,7,10,18H,1-3,5-6,8-9H2,(H,15,16,19). The van der Waals surface area contributed by atoms with Crippen LogP contribution >= 0.6 is 11.3 Å². The number of hydrogen-bond donors (Lipinski definition) is 2. The van der Waals surface area contributed by atoms with Crippen LogP contribution in [0.3, 0.4) is 0 Å². The highest BCUT2D eigenvalue weighted by Gasteiger charge is 2.20. The molecule has 3 heterocycles. The van der Waals surface area contributed by atoms with Crippen molar-refractivity contribution in [1.82, 2.24) is 14.9 Å². The fourth-order valence-electron chi connectivity index (χ4n) is 2.92. The molecule has 0 aliphatic carbocycles. The van der Waals surface area contributed by atoms with Gasteiger partial charge >= 0.3 is 0 Å². The molecule has 0 aromatic carbocycles. The van der Waals surface area contributed by atoms with E-state index in [4.69, 9.17) is 5.11 Å². The Morgan fingerprint density at radius 2 is 2.45 bits per heavy atom. The fraction of sp³-hybridized carbons (Fsp3) is 0.571. The van der Waals surface area contributed by atoms with Gasteiger partial charge in [-0.3, -0.25) is 9.69 Å². The molecule has 1 aliphatic rings. The van der Waals surface area contributed by atoms with E-state index in [1.165, 1.54) is 17.8 Å². The zero-order valence-electron chi connectivity index (χ0n) is 11.3. The molecule has 0 saturated carbocycles. The number of aliphatic hydroxyl groups is 1. The summed E-state index contributed by atoms with van der Waals surface area (Å²) >= 11 is 1.43. The van der Waals surface area contributed by atoms with E-state index in [1.54, 1.807) is 0 Å². The molecule has 1 saturated heterocycles. The summed E-state index contributed by atoms with van der Waals surface area (Å²) in [4.78, 5) is 21.7. The highest BCUT2D eigenvalue weighted by Crippen LogP contribution is 2.20. The molecule has 2 N–H and O–H groups in total. The lowest BCUT2D eigenvalue weighted by Gasteiger charge is -2.32. The van der Waals surface area contributed by atoms with Crippen LogP contribution in [0.4, 0.5) is 0 Å². The van der Waals surface area contributed by atoms with E-state index in [9.17, 15) is 4.79 Å². The zero-order chi connectivity index (χ0) is 13.9. The number of aliphatic hydroxyl groups excluding tert-OH is 1. The van der Waals surface area contributed by atoms with Crippen molar-refractivity contribution in [3.8, 4) is 0 Å². The summed E-state index contributed by atoms with van der Waals surface area (Å²) in [6, 6.07) is 1.89. The van der Waals surface area contributed by atoms with Gasteiger partial charge in [-0.1, -0.05) is 0 Å². The Morgan fingerprint density at radius 3 is 3.30 bits per heavy atom. The molecular weight excluding hydrogens is 274 g/mol. The van der Waals surface area contributed by atoms with Gasteiger partial charge < -0.3 is 10.1 Å². The smallest absolute Gasteiger partial charge is 0.268 e. The van der Waals surface area contributed by atoms with Crippen LogP contribution in [0.2, 0.25) is 0 Å². The average molecular weight is 293 g/mol. The normalized spacial score (nSPS) is 20.6. The van der Waals surface area contributed by atoms with Crippen LogP contribution in [0, 0.1) is 5.92 Å². The number of nitrogens with zero attached hydrogens (tertiary/aromatic N) is 2. The third-order valence-corrected chi connectivity index (χ3v) is 4.78. The summed E-state index contributed by atoms with van der Waals surface area (Å²) in [7, 11) is 0. The summed E-state index contributed by atoms with van der Waals surface area (Å²) in [5.74, 6) is 1.30. The van der Waals surface area contributed by atoms with Gasteiger partial charge in [-0.2, -0.15) is 0 Å². The first-order valence-corrected chi connectivity index (χ1v) is 7.94. The van der Waals surface area contributed by atoms with Crippen molar-refractivity contribution >= 4 is 21.6 Å². The number of fused-ring (bicyclic) bond motifs is 1. The topological polar surface area (TPSA) is 69.2 Å². The highest BCUT2D eigenvalue weighted by atomic mass is 32.1. The summed E-state index contributed by atoms with van der Waals surface area (Å²) in [5, 5.41) is 10.9. The van der Waals surface area contributed by atoms with Crippen molar-refractivity contribution in [2.45, 2.75) is 25.8 Å². The highest BCUT2D eigenvalue weighted by molar-refractivity contribution is 7.17. The maximum Gasteiger partial charge on any atom is 0.268 e. The fourth-order valence-corrected chi connectivity index (χ4v) is 3.65. The molecule has 20 heavy (non-hydrogen) atoms. The minimum absolute atomic E-state index is 0.0380. The zero-order valence-corrected chi connectivity index (χ0v) is 12.2. The Morgan fingerprint density at radius 1 is 1.55 bits per heavy atom. The third kappa shape index (κ3) is 2.92. The second kappa shape index (κ2) is 6.03. The van der Waals surface area contributed by atoms with Crippen LogP contribution in [0.5, 0.6) is 0 Å². The van der Waals surface area contributed by atoms with Crippen LogP contribution in [0.25, 0.3) is 10.2 Å². The number of hydrogen-bond acceptors (Lipinski definition) is 5. The van der Waals surface area contributed by atoms with Gasteiger partial charge in [0, 0.05) is 13.2 Å². The predicted molar refractivity (Wildman–Crippen MR) is 79.9 cm³/mol. The number of aromatic nitrogens is 2. The Kier molecular flexibility index (Phi) is 4.14. The van der Waals surface area contributed by atoms with E-state index < -0.39 is 0 Å². The quantitative estimate of drug-likeness (QED) is 0.898. The molecule has 2 aromatic heterocycles. The van der Waals surface area contributed by atoms with Gasteiger partial charge in [0.1, 0.15) is 10.5 Å². The van der Waals surface area contributed by atoms with Crippen molar-refractivity contribution in [2.24, 2.45) is 5.92 Å². The van der Waals surface area contributed by atoms with E-state index in [-0.39, 0.29) is 12.2 Å². The van der Waals surface area contributed by atoms with Crippen molar-refractivity contribution in [3.63, 3.8) is 0 Å². The van der Waals surface area contributed by atoms with Gasteiger partial charge in [-0.15, -0.1) is 11.3 Å². The first-order valence-electron chi connectivity index (χ1n) is 7.06. The molecule has 1 atom stereocenters. The van der Waals surface area contributed by atoms with Gasteiger partial charge in [0.15, 0.2) is 0 Å². The summed E-state index contributed by atoms with van der Waals surface area (Å²) in [6.45, 7) is 2.96. The Hall–Kier alpha value is -1.24. The first kappa shape index (κ1) is 13.7. The number of likely N-dealkylation sites (tertiary alicyclic amines) is 1. The SMILES string of the molecule is O=c1[nH]c(CN2CCCC(CCO)C2)nc2ccsc12. The van der Waals surface area contributed by atoms with Gasteiger partial charge in [0.05, 0.1) is 12.1 Å². The molecule has 108 valence electrons. The van der Waals surface area contributed by atoms with E-state index in [2.05, 4.69) is 14.9 Å². The molecule has 0 bridgehead atoms. The Labute approximate surface area is 121 Å². The van der Waals surface area contributed by atoms with Crippen LogP contribution < -0.4 is 5.56 Å². The molecule has 0 amide bonds. The lowest BCUT2D eigenvalue weighted by atomic mass is 9.95. The van der Waals surface area contributed by atoms with Gasteiger partial charge in [0.25, 0.3) is 5.56 Å². The van der Waals surface area contributed by atoms with Crippen LogP contribution in [0.1, 0.15) is 25.1 Å². The minimum Gasteiger partial charge on any atom is -0.396 e. The Balaban J connectivity index is 1.73. The lowest BCUT2D eigenvalue weighted by molar-refractivity contribution is 0.140. The average Bonchev–Trinajstić information content (AvgIpc) is 2.88. The molecule has 2 aromatic rings. The monoisotopic (exact) mass is 293 g/mol. The van der Waals surface area contributed by atoms with E-state index in [0.29, 0.717) is 17.2 Å². The molecule has 1 unspecified atom stereocenters. The number of nitrogens with one attached hydrogen (secondary N) is 1. The molecule has 0 radical (unpaired) electrons. The van der Waals surface area contributed by atoms with Gasteiger partial charge in [0.2, 0.25) is 0 Å². The number of aromatic amines is 1. The maximum atomic E-state index is 11.9. The van der Waals surface area contributed by atoms with Crippen LogP contribution in [-0.2, 0) is 6.54 Å². The molecule has 6 heteroatoms. The number of piperidine rings is 1. The second-order valence-corrected chi connectivity index (χ2v) is 6.32. The van der Waals surface area contributed by atoms with Crippen molar-refractivity contribution in [2.75, 3.05) is 19.7 Å². The van der Waals surface area contributed by atoms with E-state index in [1.807, 2.05) is 11.4 Å². The van der Waals surface area contributed by atoms with E-state index in [0.717, 1.165) is 37.3 Å². The third-order valence-electron chi connectivity index (χ3n) is 3.88. The molecular formula is C14H19N3O2S.